The summed E-state index contributed by atoms with van der Waals surface area (Å²) in [5.41, 5.74) is -0.526. The summed E-state index contributed by atoms with van der Waals surface area (Å²) in [6.07, 6.45) is -1.56. The first-order valence-electron chi connectivity index (χ1n) is 6.72. The molecule has 0 aliphatic carbocycles. The maximum Gasteiger partial charge on any atom is 0.407 e. The van der Waals surface area contributed by atoms with Crippen molar-refractivity contribution in [2.45, 2.75) is 51.7 Å². The van der Waals surface area contributed by atoms with Gasteiger partial charge in [-0.2, -0.15) is 0 Å². The first-order valence-corrected chi connectivity index (χ1v) is 6.72. The van der Waals surface area contributed by atoms with Crippen molar-refractivity contribution < 1.29 is 23.0 Å². The Morgan fingerprint density at radius 2 is 1.95 bits per heavy atom. The van der Waals surface area contributed by atoms with Gasteiger partial charge < -0.3 is 20.1 Å². The van der Waals surface area contributed by atoms with E-state index in [1.165, 1.54) is 7.11 Å². The lowest BCUT2D eigenvalue weighted by Gasteiger charge is -2.20. The number of halogens is 2. The number of hydrogen-bond acceptors (Lipinski definition) is 4. The molecule has 20 heavy (non-hydrogen) atoms. The lowest BCUT2D eigenvalue weighted by atomic mass is 10.1. The van der Waals surface area contributed by atoms with Crippen molar-refractivity contribution >= 4 is 6.09 Å². The van der Waals surface area contributed by atoms with Gasteiger partial charge in [0.2, 0.25) is 0 Å². The highest BCUT2D eigenvalue weighted by molar-refractivity contribution is 5.67. The van der Waals surface area contributed by atoms with E-state index < -0.39 is 18.1 Å². The molecule has 0 fully saturated rings. The van der Waals surface area contributed by atoms with E-state index in [1.54, 1.807) is 20.8 Å². The molecule has 0 bridgehead atoms. The number of nitrogens with one attached hydrogen (secondary N) is 2. The van der Waals surface area contributed by atoms with Gasteiger partial charge in [0.15, 0.2) is 0 Å². The number of carbonyl (C=O) groups is 1. The van der Waals surface area contributed by atoms with Crippen molar-refractivity contribution in [3.63, 3.8) is 0 Å². The molecule has 7 heteroatoms. The van der Waals surface area contributed by atoms with Crippen LogP contribution in [0.2, 0.25) is 0 Å². The van der Waals surface area contributed by atoms with Crippen LogP contribution in [0.3, 0.4) is 0 Å². The maximum atomic E-state index is 12.1. The number of hydrogen-bond donors (Lipinski definition) is 2. The zero-order valence-electron chi connectivity index (χ0n) is 12.7. The van der Waals surface area contributed by atoms with E-state index in [1.807, 2.05) is 0 Å². The molecule has 0 radical (unpaired) electrons. The molecule has 1 amide bonds. The van der Waals surface area contributed by atoms with E-state index >= 15 is 0 Å². The summed E-state index contributed by atoms with van der Waals surface area (Å²) in [5, 5.41) is 5.35. The van der Waals surface area contributed by atoms with E-state index in [4.69, 9.17) is 9.47 Å². The fourth-order valence-corrected chi connectivity index (χ4v) is 1.55. The molecule has 0 saturated heterocycles. The van der Waals surface area contributed by atoms with Crippen molar-refractivity contribution in [3.8, 4) is 0 Å². The number of carbonyl (C=O) groups excluding carboxylic acids is 1. The fraction of sp³-hybridized carbons (Fsp3) is 0.923. The summed E-state index contributed by atoms with van der Waals surface area (Å²) in [5.74, 6) is 0. The van der Waals surface area contributed by atoms with Crippen molar-refractivity contribution in [2.24, 2.45) is 0 Å². The van der Waals surface area contributed by atoms with Crippen molar-refractivity contribution in [2.75, 3.05) is 26.8 Å². The second-order valence-electron chi connectivity index (χ2n) is 5.52. The van der Waals surface area contributed by atoms with Crippen LogP contribution in [0.4, 0.5) is 13.6 Å². The Hall–Kier alpha value is -0.950. The third-order valence-corrected chi connectivity index (χ3v) is 2.33. The molecule has 0 spiro atoms. The third-order valence-electron chi connectivity index (χ3n) is 2.33. The second kappa shape index (κ2) is 9.88. The average molecular weight is 296 g/mol. The van der Waals surface area contributed by atoms with Crippen LogP contribution >= 0.6 is 0 Å². The fourth-order valence-electron chi connectivity index (χ4n) is 1.55. The van der Waals surface area contributed by atoms with Crippen LogP contribution in [0.5, 0.6) is 0 Å². The van der Waals surface area contributed by atoms with Crippen LogP contribution in [0.1, 0.15) is 33.6 Å². The molecule has 0 aromatic rings. The Kier molecular flexibility index (Phi) is 9.41. The summed E-state index contributed by atoms with van der Waals surface area (Å²) in [4.78, 5) is 11.4. The molecule has 0 aromatic heterocycles. The SMILES string of the molecule is COCC(CCCNC(=O)OC(C)(C)C)NCC(F)F. The summed E-state index contributed by atoms with van der Waals surface area (Å²) in [6.45, 7) is 5.80. The van der Waals surface area contributed by atoms with E-state index in [-0.39, 0.29) is 12.6 Å². The number of methoxy groups -OCH3 is 1. The second-order valence-corrected chi connectivity index (χ2v) is 5.52. The highest BCUT2D eigenvalue weighted by Gasteiger charge is 2.16. The number of amides is 1. The highest BCUT2D eigenvalue weighted by Crippen LogP contribution is 2.06. The Bertz CT molecular complexity index is 271. The molecule has 1 unspecified atom stereocenters. The van der Waals surface area contributed by atoms with E-state index in [0.717, 1.165) is 0 Å². The van der Waals surface area contributed by atoms with Crippen molar-refractivity contribution in [3.05, 3.63) is 0 Å². The van der Waals surface area contributed by atoms with Gasteiger partial charge in [0.05, 0.1) is 13.2 Å². The Labute approximate surface area is 119 Å². The largest absolute Gasteiger partial charge is 0.444 e. The maximum absolute atomic E-state index is 12.1. The molecule has 0 heterocycles. The standard InChI is InChI=1S/C13H26F2N2O3/c1-13(2,3)20-12(18)16-7-5-6-10(9-19-4)17-8-11(14)15/h10-11,17H,5-9H2,1-4H3,(H,16,18). The molecule has 0 aliphatic rings. The van der Waals surface area contributed by atoms with Crippen LogP contribution in [-0.4, -0.2) is 51.0 Å². The van der Waals surface area contributed by atoms with Crippen LogP contribution < -0.4 is 10.6 Å². The zero-order valence-corrected chi connectivity index (χ0v) is 12.7. The normalized spacial score (nSPS) is 13.3. The van der Waals surface area contributed by atoms with E-state index in [2.05, 4.69) is 10.6 Å². The smallest absolute Gasteiger partial charge is 0.407 e. The van der Waals surface area contributed by atoms with Crippen LogP contribution in [0.15, 0.2) is 0 Å². The molecular formula is C13H26F2N2O3. The lowest BCUT2D eigenvalue weighted by Crippen LogP contribution is -2.37. The predicted octanol–water partition coefficient (Wildman–Crippen LogP) is 2.16. The van der Waals surface area contributed by atoms with Gasteiger partial charge in [-0.05, 0) is 33.6 Å². The quantitative estimate of drug-likeness (QED) is 0.640. The van der Waals surface area contributed by atoms with Crippen molar-refractivity contribution in [1.82, 2.24) is 10.6 Å². The Balaban J connectivity index is 3.80. The molecule has 2 N–H and O–H groups in total. The topological polar surface area (TPSA) is 59.6 Å². The summed E-state index contributed by atoms with van der Waals surface area (Å²) >= 11 is 0. The molecule has 0 rings (SSSR count). The third kappa shape index (κ3) is 12.1. The molecular weight excluding hydrogens is 270 g/mol. The lowest BCUT2D eigenvalue weighted by molar-refractivity contribution is 0.0526. The molecule has 120 valence electrons. The molecule has 0 aliphatic heterocycles. The van der Waals surface area contributed by atoms with Gasteiger partial charge >= 0.3 is 6.09 Å². The van der Waals surface area contributed by atoms with Gasteiger partial charge in [-0.15, -0.1) is 0 Å². The van der Waals surface area contributed by atoms with Crippen LogP contribution in [0.25, 0.3) is 0 Å². The number of ether oxygens (including phenoxy) is 2. The average Bonchev–Trinajstić information content (AvgIpc) is 2.28. The summed E-state index contributed by atoms with van der Waals surface area (Å²) in [6, 6.07) is -0.144. The van der Waals surface area contributed by atoms with E-state index in [9.17, 15) is 13.6 Å². The van der Waals surface area contributed by atoms with Gasteiger partial charge in [-0.1, -0.05) is 0 Å². The van der Waals surface area contributed by atoms with Crippen LogP contribution in [-0.2, 0) is 9.47 Å². The molecule has 0 saturated carbocycles. The molecule has 1 atom stereocenters. The van der Waals surface area contributed by atoms with Crippen LogP contribution in [0, 0.1) is 0 Å². The Morgan fingerprint density at radius 1 is 1.30 bits per heavy atom. The first-order chi connectivity index (χ1) is 9.24. The zero-order chi connectivity index (χ0) is 15.6. The summed E-state index contributed by atoms with van der Waals surface area (Å²) < 4.78 is 34.3. The molecule has 0 aromatic carbocycles. The minimum atomic E-state index is -2.38. The van der Waals surface area contributed by atoms with Gasteiger partial charge in [-0.3, -0.25) is 0 Å². The van der Waals surface area contributed by atoms with Gasteiger partial charge in [0.1, 0.15) is 5.60 Å². The van der Waals surface area contributed by atoms with Crippen molar-refractivity contribution in [1.29, 1.82) is 0 Å². The Morgan fingerprint density at radius 3 is 2.45 bits per heavy atom. The summed E-state index contributed by atoms with van der Waals surface area (Å²) in [7, 11) is 1.52. The number of alkyl halides is 2. The monoisotopic (exact) mass is 296 g/mol. The number of alkyl carbamates (subject to hydrolysis) is 1. The first kappa shape index (κ1) is 19.1. The molecule has 5 nitrogen and oxygen atoms in total. The highest BCUT2D eigenvalue weighted by atomic mass is 19.3. The minimum absolute atomic E-state index is 0.144. The van der Waals surface area contributed by atoms with Gasteiger partial charge in [-0.25, -0.2) is 13.6 Å². The number of rotatable bonds is 9. The van der Waals surface area contributed by atoms with E-state index in [0.29, 0.717) is 26.0 Å². The van der Waals surface area contributed by atoms with Gasteiger partial charge in [0, 0.05) is 19.7 Å². The minimum Gasteiger partial charge on any atom is -0.444 e. The van der Waals surface area contributed by atoms with Gasteiger partial charge in [0.25, 0.3) is 6.43 Å². The predicted molar refractivity (Wildman–Crippen MR) is 73.1 cm³/mol.